The molecule has 5 rings (SSSR count). The molecule has 1 unspecified atom stereocenters. The number of hydrogen-bond acceptors (Lipinski definition) is 8. The largest absolute Gasteiger partial charge is 0.490 e. The second kappa shape index (κ2) is 14.7. The second-order valence-electron chi connectivity index (χ2n) is 11.8. The van der Waals surface area contributed by atoms with E-state index in [0.29, 0.717) is 32.2 Å². The number of piperidine rings is 1. The molecule has 230 valence electrons. The summed E-state index contributed by atoms with van der Waals surface area (Å²) in [5.41, 5.74) is 4.57. The van der Waals surface area contributed by atoms with Gasteiger partial charge >= 0.3 is 0 Å². The smallest absolute Gasteiger partial charge is 0.248 e. The molecule has 1 N–H and O–H groups in total. The highest BCUT2D eigenvalue weighted by atomic mass is 16.5. The van der Waals surface area contributed by atoms with Gasteiger partial charge in [0.2, 0.25) is 5.91 Å². The van der Waals surface area contributed by atoms with Crippen molar-refractivity contribution < 1.29 is 28.5 Å². The third kappa shape index (κ3) is 7.63. The molecule has 0 bridgehead atoms. The number of rotatable bonds is 14. The van der Waals surface area contributed by atoms with Gasteiger partial charge in [0.15, 0.2) is 0 Å². The Balaban J connectivity index is 1.32. The molecule has 2 fully saturated rings. The van der Waals surface area contributed by atoms with Crippen LogP contribution in [-0.2, 0) is 30.3 Å². The van der Waals surface area contributed by atoms with E-state index in [1.54, 1.807) is 33.2 Å². The Morgan fingerprint density at radius 3 is 2.52 bits per heavy atom. The van der Waals surface area contributed by atoms with Crippen molar-refractivity contribution in [1.82, 2.24) is 10.2 Å². The minimum absolute atomic E-state index is 0.0244. The monoisotopic (exact) mass is 581 g/mol. The van der Waals surface area contributed by atoms with Crippen molar-refractivity contribution in [3.05, 3.63) is 59.2 Å². The van der Waals surface area contributed by atoms with Gasteiger partial charge in [-0.25, -0.2) is 0 Å². The maximum Gasteiger partial charge on any atom is 0.248 e. The van der Waals surface area contributed by atoms with Gasteiger partial charge in [0.1, 0.15) is 19.0 Å². The number of nitrogens with one attached hydrogen (secondary N) is 1. The molecule has 4 atom stereocenters. The maximum atomic E-state index is 12.4. The Kier molecular flexibility index (Phi) is 10.7. The SMILES string of the molecule is COCCCN1CCOc2ccc(CO[C@H]3CNC[C@@H](OCC(=O)N(C)C)[C@@H]3c3ccc(C(OC)C4CC4)cc3)cc21. The van der Waals surface area contributed by atoms with Crippen LogP contribution in [0.15, 0.2) is 42.5 Å². The van der Waals surface area contributed by atoms with Gasteiger partial charge < -0.3 is 38.8 Å². The Labute approximate surface area is 250 Å². The van der Waals surface area contributed by atoms with Crippen molar-refractivity contribution in [2.24, 2.45) is 5.92 Å². The lowest BCUT2D eigenvalue weighted by Crippen LogP contribution is -2.51. The summed E-state index contributed by atoms with van der Waals surface area (Å²) in [6.07, 6.45) is 3.23. The topological polar surface area (TPSA) is 81.7 Å². The molecule has 42 heavy (non-hydrogen) atoms. The standard InChI is InChI=1S/C33H47N3O6/c1-35(2)31(37)22-42-30-20-34-19-29(32(30)24-7-9-25(10-8-24)33(39-4)26-11-12-26)41-21-23-6-13-28-27(18-23)36(15-17-40-28)14-5-16-38-3/h6-10,13,18,26,29-30,32-34H,5,11-12,14-17,19-22H2,1-4H3/t29-,30+,32+,33?/m0/s1. The van der Waals surface area contributed by atoms with E-state index in [4.69, 9.17) is 23.7 Å². The molecule has 1 amide bonds. The van der Waals surface area contributed by atoms with Gasteiger partial charge in [-0.05, 0) is 54.0 Å². The van der Waals surface area contributed by atoms with Crippen molar-refractivity contribution >= 4 is 11.6 Å². The van der Waals surface area contributed by atoms with Gasteiger partial charge in [0.25, 0.3) is 0 Å². The van der Waals surface area contributed by atoms with Crippen molar-refractivity contribution in [2.75, 3.05) is 79.2 Å². The van der Waals surface area contributed by atoms with Crippen molar-refractivity contribution in [3.63, 3.8) is 0 Å². The predicted octanol–water partition coefficient (Wildman–Crippen LogP) is 3.77. The first-order chi connectivity index (χ1) is 20.5. The number of hydrogen-bond donors (Lipinski definition) is 1. The number of amides is 1. The number of nitrogens with zero attached hydrogens (tertiary/aromatic N) is 2. The van der Waals surface area contributed by atoms with E-state index in [-0.39, 0.29) is 36.7 Å². The Morgan fingerprint density at radius 2 is 1.83 bits per heavy atom. The molecule has 0 spiro atoms. The number of carbonyl (C=O) groups is 1. The molecule has 2 aromatic carbocycles. The van der Waals surface area contributed by atoms with Crippen LogP contribution in [0.4, 0.5) is 5.69 Å². The van der Waals surface area contributed by atoms with Crippen LogP contribution in [-0.4, -0.2) is 97.3 Å². The molecule has 2 aliphatic heterocycles. The minimum atomic E-state index is -0.201. The molecule has 1 saturated heterocycles. The van der Waals surface area contributed by atoms with Crippen LogP contribution in [0.2, 0.25) is 0 Å². The predicted molar refractivity (Wildman–Crippen MR) is 162 cm³/mol. The van der Waals surface area contributed by atoms with Gasteiger partial charge in [0.05, 0.1) is 37.2 Å². The molecule has 0 aromatic heterocycles. The Bertz CT molecular complexity index is 1150. The maximum absolute atomic E-state index is 12.4. The zero-order valence-corrected chi connectivity index (χ0v) is 25.6. The fourth-order valence-electron chi connectivity index (χ4n) is 6.07. The first-order valence-corrected chi connectivity index (χ1v) is 15.2. The summed E-state index contributed by atoms with van der Waals surface area (Å²) in [6, 6.07) is 15.1. The van der Waals surface area contributed by atoms with E-state index >= 15 is 0 Å². The average molecular weight is 582 g/mol. The minimum Gasteiger partial charge on any atom is -0.490 e. The number of ether oxygens (including phenoxy) is 5. The third-order valence-corrected chi connectivity index (χ3v) is 8.59. The zero-order chi connectivity index (χ0) is 29.5. The summed E-state index contributed by atoms with van der Waals surface area (Å²) >= 11 is 0. The van der Waals surface area contributed by atoms with E-state index in [9.17, 15) is 4.79 Å². The Hall–Kier alpha value is -2.69. The molecule has 2 aromatic rings. The first-order valence-electron chi connectivity index (χ1n) is 15.2. The molecule has 1 aliphatic carbocycles. The fraction of sp³-hybridized carbons (Fsp3) is 0.606. The van der Waals surface area contributed by atoms with Crippen molar-refractivity contribution in [1.29, 1.82) is 0 Å². The van der Waals surface area contributed by atoms with E-state index in [0.717, 1.165) is 48.7 Å². The number of methoxy groups -OCH3 is 2. The molecular weight excluding hydrogens is 534 g/mol. The van der Waals surface area contributed by atoms with E-state index in [1.807, 2.05) is 0 Å². The van der Waals surface area contributed by atoms with Crippen LogP contribution in [0.5, 0.6) is 5.75 Å². The van der Waals surface area contributed by atoms with Gasteiger partial charge in [0, 0.05) is 60.5 Å². The number of anilines is 1. The van der Waals surface area contributed by atoms with Crippen LogP contribution in [0.25, 0.3) is 0 Å². The molecule has 9 nitrogen and oxygen atoms in total. The summed E-state index contributed by atoms with van der Waals surface area (Å²) in [5, 5.41) is 3.49. The second-order valence-corrected chi connectivity index (χ2v) is 11.8. The van der Waals surface area contributed by atoms with Gasteiger partial charge in [-0.3, -0.25) is 4.79 Å². The van der Waals surface area contributed by atoms with E-state index in [1.165, 1.54) is 18.4 Å². The van der Waals surface area contributed by atoms with Crippen LogP contribution in [0, 0.1) is 5.92 Å². The van der Waals surface area contributed by atoms with Crippen molar-refractivity contribution in [2.45, 2.75) is 50.1 Å². The van der Waals surface area contributed by atoms with E-state index in [2.05, 4.69) is 52.7 Å². The fourth-order valence-corrected chi connectivity index (χ4v) is 6.07. The lowest BCUT2D eigenvalue weighted by Gasteiger charge is -2.39. The summed E-state index contributed by atoms with van der Waals surface area (Å²) in [6.45, 7) is 5.08. The summed E-state index contributed by atoms with van der Waals surface area (Å²) in [4.78, 5) is 16.3. The highest BCUT2D eigenvalue weighted by Crippen LogP contribution is 2.43. The first kappa shape index (κ1) is 30.8. The van der Waals surface area contributed by atoms with Crippen LogP contribution in [0.3, 0.4) is 0 Å². The number of fused-ring (bicyclic) bond motifs is 1. The average Bonchev–Trinajstić information content (AvgIpc) is 3.85. The lowest BCUT2D eigenvalue weighted by atomic mass is 9.84. The van der Waals surface area contributed by atoms with Crippen LogP contribution >= 0.6 is 0 Å². The summed E-state index contributed by atoms with van der Waals surface area (Å²) < 4.78 is 29.9. The molecule has 1 saturated carbocycles. The number of benzene rings is 2. The van der Waals surface area contributed by atoms with Gasteiger partial charge in [-0.15, -0.1) is 0 Å². The van der Waals surface area contributed by atoms with Crippen LogP contribution in [0.1, 0.15) is 48.0 Å². The molecule has 3 aliphatic rings. The molecule has 0 radical (unpaired) electrons. The molecule has 2 heterocycles. The summed E-state index contributed by atoms with van der Waals surface area (Å²) in [7, 11) is 7.04. The van der Waals surface area contributed by atoms with E-state index < -0.39 is 0 Å². The van der Waals surface area contributed by atoms with Crippen LogP contribution < -0.4 is 15.0 Å². The molecule has 9 heteroatoms. The van der Waals surface area contributed by atoms with Gasteiger partial charge in [-0.2, -0.15) is 0 Å². The summed E-state index contributed by atoms with van der Waals surface area (Å²) in [5.74, 6) is 1.45. The van der Waals surface area contributed by atoms with Gasteiger partial charge in [-0.1, -0.05) is 30.3 Å². The normalized spacial score (nSPS) is 22.8. The highest BCUT2D eigenvalue weighted by Gasteiger charge is 2.37. The lowest BCUT2D eigenvalue weighted by molar-refractivity contribution is -0.138. The third-order valence-electron chi connectivity index (χ3n) is 8.59. The highest BCUT2D eigenvalue weighted by molar-refractivity contribution is 5.76. The number of carbonyl (C=O) groups excluding carboxylic acids is 1. The van der Waals surface area contributed by atoms with Crippen molar-refractivity contribution in [3.8, 4) is 5.75 Å². The quantitative estimate of drug-likeness (QED) is 0.338. The zero-order valence-electron chi connectivity index (χ0n) is 25.6. The molecular formula is C33H47N3O6. The Morgan fingerprint density at radius 1 is 1.07 bits per heavy atom. The number of likely N-dealkylation sites (N-methyl/N-ethyl adjacent to an activating group) is 1.